The highest BCUT2D eigenvalue weighted by Gasteiger charge is 2.43. The Kier molecular flexibility index (Phi) is 5.91. The fourth-order valence-electron chi connectivity index (χ4n) is 4.36. The van der Waals surface area contributed by atoms with E-state index in [1.165, 1.54) is 20.4 Å². The number of fused-ring (bicyclic) bond motifs is 1. The average molecular weight is 401 g/mol. The summed E-state index contributed by atoms with van der Waals surface area (Å²) in [4.78, 5) is 42.8. The lowest BCUT2D eigenvalue weighted by Crippen LogP contribution is -2.54. The highest BCUT2D eigenvalue weighted by Crippen LogP contribution is 2.39. The van der Waals surface area contributed by atoms with Crippen LogP contribution in [0.1, 0.15) is 47.8 Å². The molecular formula is C21H27N3O5. The molecule has 0 aromatic carbocycles. The summed E-state index contributed by atoms with van der Waals surface area (Å²) >= 11 is 0. The van der Waals surface area contributed by atoms with Crippen molar-refractivity contribution < 1.29 is 23.9 Å². The van der Waals surface area contributed by atoms with Gasteiger partial charge < -0.3 is 19.7 Å². The molecule has 1 aromatic rings. The Hall–Kier alpha value is -2.90. The molecule has 0 bridgehead atoms. The molecule has 1 aromatic heterocycles. The molecular weight excluding hydrogens is 374 g/mol. The Labute approximate surface area is 170 Å². The Balaban J connectivity index is 2.00. The second-order valence-electron chi connectivity index (χ2n) is 7.67. The Bertz CT molecular complexity index is 866. The van der Waals surface area contributed by atoms with Crippen LogP contribution in [0, 0.1) is 18.8 Å². The van der Waals surface area contributed by atoms with E-state index in [0.717, 1.165) is 11.1 Å². The molecule has 2 aliphatic heterocycles. The number of hydrogen-bond acceptors (Lipinski definition) is 7. The smallest absolute Gasteiger partial charge is 0.339 e. The maximum absolute atomic E-state index is 12.5. The first-order valence-corrected chi connectivity index (χ1v) is 9.66. The highest BCUT2D eigenvalue weighted by atomic mass is 16.5. The number of rotatable bonds is 4. The number of amides is 1. The third-order valence-electron chi connectivity index (χ3n) is 6.11. The summed E-state index contributed by atoms with van der Waals surface area (Å²) in [7, 11) is 2.69. The normalized spacial score (nSPS) is 24.7. The van der Waals surface area contributed by atoms with Crippen molar-refractivity contribution in [3.05, 3.63) is 40.9 Å². The number of pyridine rings is 1. The lowest BCUT2D eigenvalue weighted by Gasteiger charge is -2.45. The van der Waals surface area contributed by atoms with Gasteiger partial charge in [-0.15, -0.1) is 0 Å². The van der Waals surface area contributed by atoms with Crippen LogP contribution in [0.2, 0.25) is 0 Å². The van der Waals surface area contributed by atoms with Crippen LogP contribution in [0.3, 0.4) is 0 Å². The van der Waals surface area contributed by atoms with Crippen LogP contribution in [-0.2, 0) is 19.1 Å². The van der Waals surface area contributed by atoms with E-state index in [0.29, 0.717) is 17.7 Å². The fourth-order valence-corrected chi connectivity index (χ4v) is 4.36. The quantitative estimate of drug-likeness (QED) is 0.768. The van der Waals surface area contributed by atoms with Crippen molar-refractivity contribution in [1.82, 2.24) is 15.2 Å². The summed E-state index contributed by atoms with van der Waals surface area (Å²) in [6.45, 7) is 6.49. The van der Waals surface area contributed by atoms with Crippen LogP contribution in [0.5, 0.6) is 0 Å². The van der Waals surface area contributed by atoms with Crippen LogP contribution in [0.15, 0.2) is 24.2 Å². The van der Waals surface area contributed by atoms with Gasteiger partial charge >= 0.3 is 11.9 Å². The molecule has 8 heteroatoms. The van der Waals surface area contributed by atoms with E-state index in [2.05, 4.69) is 15.2 Å². The molecule has 0 saturated carbocycles. The largest absolute Gasteiger partial charge is 0.466 e. The number of esters is 2. The number of methoxy groups -OCH3 is 2. The SMILES string of the molecule is COC(=O)C1=CN(C(C)c2cncc(C(=O)OC)c2C)CC2C(C)NC(=O)CC12. The molecule has 1 saturated heterocycles. The first kappa shape index (κ1) is 20.8. The van der Waals surface area contributed by atoms with Crippen molar-refractivity contribution in [2.75, 3.05) is 20.8 Å². The van der Waals surface area contributed by atoms with Gasteiger partial charge in [0.2, 0.25) is 5.91 Å². The molecule has 2 aliphatic rings. The molecule has 1 amide bonds. The van der Waals surface area contributed by atoms with Gasteiger partial charge in [0.1, 0.15) is 0 Å². The van der Waals surface area contributed by atoms with E-state index >= 15 is 0 Å². The number of ether oxygens (including phenoxy) is 2. The van der Waals surface area contributed by atoms with E-state index in [9.17, 15) is 14.4 Å². The Morgan fingerprint density at radius 2 is 1.93 bits per heavy atom. The first-order valence-electron chi connectivity index (χ1n) is 9.66. The molecule has 29 heavy (non-hydrogen) atoms. The minimum absolute atomic E-state index is 0.0547. The van der Waals surface area contributed by atoms with Crippen molar-refractivity contribution in [3.8, 4) is 0 Å². The number of carbonyl (C=O) groups is 3. The molecule has 1 N–H and O–H groups in total. The number of carbonyl (C=O) groups excluding carboxylic acids is 3. The standard InChI is InChI=1S/C21H27N3O5/c1-11-15(7-22-8-16(11)20(26)28-4)13(3)24-9-17-12(2)23-19(25)6-14(17)18(10-24)21(27)29-5/h7-8,10,12-14,17H,6,9H2,1-5H3,(H,23,25). The zero-order valence-electron chi connectivity index (χ0n) is 17.4. The van der Waals surface area contributed by atoms with Gasteiger partial charge in [0.25, 0.3) is 0 Å². The van der Waals surface area contributed by atoms with Crippen LogP contribution in [0.4, 0.5) is 0 Å². The molecule has 8 nitrogen and oxygen atoms in total. The Morgan fingerprint density at radius 1 is 1.24 bits per heavy atom. The molecule has 156 valence electrons. The number of nitrogens with zero attached hydrogens (tertiary/aromatic N) is 2. The van der Waals surface area contributed by atoms with Gasteiger partial charge in [-0.25, -0.2) is 9.59 Å². The van der Waals surface area contributed by atoms with Crippen molar-refractivity contribution in [2.24, 2.45) is 11.8 Å². The predicted molar refractivity (Wildman–Crippen MR) is 105 cm³/mol. The molecule has 0 aliphatic carbocycles. The molecule has 0 radical (unpaired) electrons. The second kappa shape index (κ2) is 8.23. The van der Waals surface area contributed by atoms with E-state index in [-0.39, 0.29) is 36.2 Å². The third kappa shape index (κ3) is 3.83. The van der Waals surface area contributed by atoms with Crippen molar-refractivity contribution in [3.63, 3.8) is 0 Å². The summed E-state index contributed by atoms with van der Waals surface area (Å²) in [5.74, 6) is -1.00. The van der Waals surface area contributed by atoms with Gasteiger partial charge in [0.05, 0.1) is 31.4 Å². The van der Waals surface area contributed by atoms with E-state index in [1.807, 2.05) is 20.8 Å². The minimum Gasteiger partial charge on any atom is -0.466 e. The summed E-state index contributed by atoms with van der Waals surface area (Å²) in [5.41, 5.74) is 2.59. The molecule has 1 fully saturated rings. The maximum Gasteiger partial charge on any atom is 0.339 e. The summed E-state index contributed by atoms with van der Waals surface area (Å²) in [5, 5.41) is 2.98. The third-order valence-corrected chi connectivity index (χ3v) is 6.11. The molecule has 4 atom stereocenters. The summed E-state index contributed by atoms with van der Waals surface area (Å²) in [6.07, 6.45) is 5.30. The van der Waals surface area contributed by atoms with E-state index < -0.39 is 11.9 Å². The van der Waals surface area contributed by atoms with Crippen molar-refractivity contribution in [2.45, 2.75) is 39.3 Å². The average Bonchev–Trinajstić information content (AvgIpc) is 2.71. The highest BCUT2D eigenvalue weighted by molar-refractivity contribution is 5.91. The van der Waals surface area contributed by atoms with Crippen molar-refractivity contribution >= 4 is 17.8 Å². The maximum atomic E-state index is 12.5. The van der Waals surface area contributed by atoms with Gasteiger partial charge in [-0.3, -0.25) is 9.78 Å². The first-order chi connectivity index (χ1) is 13.8. The van der Waals surface area contributed by atoms with Gasteiger partial charge in [0.15, 0.2) is 0 Å². The summed E-state index contributed by atoms with van der Waals surface area (Å²) < 4.78 is 9.84. The lowest BCUT2D eigenvalue weighted by molar-refractivity contribution is -0.138. The number of piperidine rings is 1. The topological polar surface area (TPSA) is 97.8 Å². The van der Waals surface area contributed by atoms with Crippen LogP contribution in [-0.4, -0.2) is 54.5 Å². The minimum atomic E-state index is -0.433. The monoisotopic (exact) mass is 401 g/mol. The van der Waals surface area contributed by atoms with Gasteiger partial charge in [-0.2, -0.15) is 0 Å². The van der Waals surface area contributed by atoms with Crippen LogP contribution >= 0.6 is 0 Å². The van der Waals surface area contributed by atoms with E-state index in [1.54, 1.807) is 12.4 Å². The molecule has 4 unspecified atom stereocenters. The second-order valence-corrected chi connectivity index (χ2v) is 7.67. The number of aromatic nitrogens is 1. The van der Waals surface area contributed by atoms with Crippen molar-refractivity contribution in [1.29, 1.82) is 0 Å². The number of nitrogens with one attached hydrogen (secondary N) is 1. The lowest BCUT2D eigenvalue weighted by atomic mass is 9.74. The van der Waals surface area contributed by atoms with E-state index in [4.69, 9.17) is 9.47 Å². The zero-order chi connectivity index (χ0) is 21.3. The zero-order valence-corrected chi connectivity index (χ0v) is 17.4. The number of hydrogen-bond donors (Lipinski definition) is 1. The van der Waals surface area contributed by atoms with Gasteiger partial charge in [-0.05, 0) is 31.9 Å². The van der Waals surface area contributed by atoms with Crippen LogP contribution < -0.4 is 5.32 Å². The molecule has 3 rings (SSSR count). The predicted octanol–water partition coefficient (Wildman–Crippen LogP) is 1.75. The molecule has 0 spiro atoms. The van der Waals surface area contributed by atoms with Gasteiger partial charge in [-0.1, -0.05) is 0 Å². The Morgan fingerprint density at radius 3 is 2.59 bits per heavy atom. The van der Waals surface area contributed by atoms with Gasteiger partial charge in [0, 0.05) is 49.4 Å². The fraction of sp³-hybridized carbons (Fsp3) is 0.524. The van der Waals surface area contributed by atoms with Crippen LogP contribution in [0.25, 0.3) is 0 Å². The molecule has 3 heterocycles. The summed E-state index contributed by atoms with van der Waals surface area (Å²) in [6, 6.07) is -0.206.